The number of likely N-dealkylation sites (tertiary alicyclic amines) is 1. The molecule has 20 heavy (non-hydrogen) atoms. The zero-order valence-electron chi connectivity index (χ0n) is 12.1. The topological polar surface area (TPSA) is 47.7 Å². The Morgan fingerprint density at radius 3 is 2.90 bits per heavy atom. The molecule has 1 saturated heterocycles. The van der Waals surface area contributed by atoms with Crippen LogP contribution in [0.15, 0.2) is 18.2 Å². The Balaban J connectivity index is 1.92. The van der Waals surface area contributed by atoms with E-state index in [9.17, 15) is 4.39 Å². The fraction of sp³-hybridized carbons (Fsp3) is 0.600. The molecule has 2 unspecified atom stereocenters. The number of nitrogens with zero attached hydrogens (tertiary/aromatic N) is 1. The molecule has 1 aromatic carbocycles. The van der Waals surface area contributed by atoms with Gasteiger partial charge >= 0.3 is 0 Å². The van der Waals surface area contributed by atoms with Crippen molar-refractivity contribution in [1.82, 2.24) is 4.90 Å². The molecule has 1 aliphatic rings. The van der Waals surface area contributed by atoms with E-state index < -0.39 is 0 Å². The Morgan fingerprint density at radius 1 is 1.45 bits per heavy atom. The van der Waals surface area contributed by atoms with Gasteiger partial charge in [0.15, 0.2) is 11.6 Å². The van der Waals surface area contributed by atoms with Crippen LogP contribution in [0.1, 0.15) is 18.0 Å². The lowest BCUT2D eigenvalue weighted by molar-refractivity contribution is 0.152. The first-order valence-corrected chi connectivity index (χ1v) is 6.94. The van der Waals surface area contributed by atoms with Crippen LogP contribution < -0.4 is 10.5 Å². The van der Waals surface area contributed by atoms with Gasteiger partial charge in [-0.25, -0.2) is 4.39 Å². The lowest BCUT2D eigenvalue weighted by Crippen LogP contribution is -2.31. The molecule has 0 bridgehead atoms. The molecule has 112 valence electrons. The number of hydrogen-bond acceptors (Lipinski definition) is 4. The summed E-state index contributed by atoms with van der Waals surface area (Å²) in [5.74, 6) is 0.473. The maximum absolute atomic E-state index is 13.7. The smallest absolute Gasteiger partial charge is 0.165 e. The summed E-state index contributed by atoms with van der Waals surface area (Å²) >= 11 is 0. The van der Waals surface area contributed by atoms with Crippen LogP contribution in [0.3, 0.4) is 0 Å². The molecular weight excluding hydrogens is 259 g/mol. The van der Waals surface area contributed by atoms with Crippen molar-refractivity contribution in [2.24, 2.45) is 11.7 Å². The molecule has 1 heterocycles. The van der Waals surface area contributed by atoms with Crippen LogP contribution in [0.25, 0.3) is 0 Å². The average Bonchev–Trinajstić information content (AvgIpc) is 2.86. The van der Waals surface area contributed by atoms with Crippen LogP contribution in [0, 0.1) is 11.7 Å². The van der Waals surface area contributed by atoms with E-state index in [0.29, 0.717) is 5.92 Å². The summed E-state index contributed by atoms with van der Waals surface area (Å²) in [5, 5.41) is 0. The van der Waals surface area contributed by atoms with E-state index in [1.165, 1.54) is 13.2 Å². The first-order chi connectivity index (χ1) is 9.63. The summed E-state index contributed by atoms with van der Waals surface area (Å²) < 4.78 is 23.8. The minimum absolute atomic E-state index is 0.184. The molecule has 1 aromatic rings. The standard InChI is InChI=1S/C15H23FN2O2/c1-19-10-11-5-6-18(8-11)9-14(17)12-3-4-15(20-2)13(16)7-12/h3-4,7,11,14H,5-6,8-10,17H2,1-2H3. The minimum atomic E-state index is -0.362. The van der Waals surface area contributed by atoms with Gasteiger partial charge in [-0.1, -0.05) is 6.07 Å². The minimum Gasteiger partial charge on any atom is -0.494 e. The van der Waals surface area contributed by atoms with Gasteiger partial charge < -0.3 is 20.1 Å². The monoisotopic (exact) mass is 282 g/mol. The Bertz CT molecular complexity index is 442. The maximum atomic E-state index is 13.7. The van der Waals surface area contributed by atoms with Crippen molar-refractivity contribution >= 4 is 0 Å². The van der Waals surface area contributed by atoms with Gasteiger partial charge in [-0.3, -0.25) is 0 Å². The Morgan fingerprint density at radius 2 is 2.25 bits per heavy atom. The Kier molecular flexibility index (Phi) is 5.34. The summed E-state index contributed by atoms with van der Waals surface area (Å²) in [4.78, 5) is 2.32. The van der Waals surface area contributed by atoms with Gasteiger partial charge in [0.05, 0.1) is 13.7 Å². The number of hydrogen-bond donors (Lipinski definition) is 1. The summed E-state index contributed by atoms with van der Waals surface area (Å²) in [7, 11) is 3.19. The van der Waals surface area contributed by atoms with Gasteiger partial charge in [0, 0.05) is 26.2 Å². The van der Waals surface area contributed by atoms with E-state index >= 15 is 0 Å². The van der Waals surface area contributed by atoms with Crippen molar-refractivity contribution in [3.05, 3.63) is 29.6 Å². The average molecular weight is 282 g/mol. The highest BCUT2D eigenvalue weighted by molar-refractivity contribution is 5.31. The molecule has 1 aliphatic heterocycles. The second kappa shape index (κ2) is 7.02. The molecule has 2 rings (SSSR count). The molecule has 0 spiro atoms. The summed E-state index contributed by atoms with van der Waals surface area (Å²) in [5.41, 5.74) is 6.98. The third-order valence-electron chi connectivity index (χ3n) is 3.83. The fourth-order valence-electron chi connectivity index (χ4n) is 2.75. The third-order valence-corrected chi connectivity index (χ3v) is 3.83. The first kappa shape index (κ1) is 15.2. The van der Waals surface area contributed by atoms with Crippen LogP contribution in [0.5, 0.6) is 5.75 Å². The molecule has 2 N–H and O–H groups in total. The van der Waals surface area contributed by atoms with Crippen molar-refractivity contribution in [3.63, 3.8) is 0 Å². The normalized spacial score (nSPS) is 21.1. The molecule has 5 heteroatoms. The number of rotatable bonds is 6. The van der Waals surface area contributed by atoms with Crippen LogP contribution >= 0.6 is 0 Å². The maximum Gasteiger partial charge on any atom is 0.165 e. The van der Waals surface area contributed by atoms with Gasteiger partial charge in [-0.2, -0.15) is 0 Å². The summed E-state index contributed by atoms with van der Waals surface area (Å²) in [6.45, 7) is 3.56. The number of nitrogens with two attached hydrogens (primary N) is 1. The highest BCUT2D eigenvalue weighted by Gasteiger charge is 2.24. The number of methoxy groups -OCH3 is 2. The van der Waals surface area contributed by atoms with Crippen molar-refractivity contribution in [1.29, 1.82) is 0 Å². The molecule has 4 nitrogen and oxygen atoms in total. The molecule has 0 aromatic heterocycles. The lowest BCUT2D eigenvalue weighted by Gasteiger charge is -2.21. The molecule has 0 saturated carbocycles. The summed E-state index contributed by atoms with van der Waals surface area (Å²) in [6, 6.07) is 4.74. The highest BCUT2D eigenvalue weighted by atomic mass is 19.1. The van der Waals surface area contributed by atoms with E-state index in [0.717, 1.165) is 38.2 Å². The lowest BCUT2D eigenvalue weighted by atomic mass is 10.1. The van der Waals surface area contributed by atoms with Gasteiger partial charge in [0.2, 0.25) is 0 Å². The van der Waals surface area contributed by atoms with Crippen molar-refractivity contribution in [3.8, 4) is 5.75 Å². The molecule has 0 amide bonds. The quantitative estimate of drug-likeness (QED) is 0.864. The molecule has 2 atom stereocenters. The second-order valence-corrected chi connectivity index (χ2v) is 5.37. The molecular formula is C15H23FN2O2. The predicted molar refractivity (Wildman–Crippen MR) is 76.3 cm³/mol. The zero-order valence-corrected chi connectivity index (χ0v) is 12.1. The Labute approximate surface area is 119 Å². The molecule has 0 aliphatic carbocycles. The third kappa shape index (κ3) is 3.69. The summed E-state index contributed by atoms with van der Waals surface area (Å²) in [6.07, 6.45) is 1.14. The van der Waals surface area contributed by atoms with Crippen LogP contribution in [-0.2, 0) is 4.74 Å². The molecule has 0 radical (unpaired) electrons. The van der Waals surface area contributed by atoms with Gasteiger partial charge in [-0.05, 0) is 36.6 Å². The molecule has 1 fully saturated rings. The largest absolute Gasteiger partial charge is 0.494 e. The predicted octanol–water partition coefficient (Wildman–Crippen LogP) is 1.80. The first-order valence-electron chi connectivity index (χ1n) is 6.94. The van der Waals surface area contributed by atoms with Gasteiger partial charge in [-0.15, -0.1) is 0 Å². The van der Waals surface area contributed by atoms with E-state index in [4.69, 9.17) is 15.2 Å². The number of benzene rings is 1. The van der Waals surface area contributed by atoms with E-state index in [1.807, 2.05) is 6.07 Å². The van der Waals surface area contributed by atoms with E-state index in [2.05, 4.69) is 4.90 Å². The Hall–Kier alpha value is -1.17. The van der Waals surface area contributed by atoms with Crippen molar-refractivity contribution in [2.45, 2.75) is 12.5 Å². The van der Waals surface area contributed by atoms with Crippen molar-refractivity contribution in [2.75, 3.05) is 40.5 Å². The highest BCUT2D eigenvalue weighted by Crippen LogP contribution is 2.23. The van der Waals surface area contributed by atoms with Crippen LogP contribution in [0.2, 0.25) is 0 Å². The van der Waals surface area contributed by atoms with Crippen molar-refractivity contribution < 1.29 is 13.9 Å². The fourth-order valence-corrected chi connectivity index (χ4v) is 2.75. The van der Waals surface area contributed by atoms with Gasteiger partial charge in [0.1, 0.15) is 0 Å². The second-order valence-electron chi connectivity index (χ2n) is 5.37. The van der Waals surface area contributed by atoms with Crippen LogP contribution in [0.4, 0.5) is 4.39 Å². The van der Waals surface area contributed by atoms with E-state index in [-0.39, 0.29) is 17.6 Å². The number of ether oxygens (including phenoxy) is 2. The zero-order chi connectivity index (χ0) is 14.5. The number of halogens is 1. The van der Waals surface area contributed by atoms with Gasteiger partial charge in [0.25, 0.3) is 0 Å². The SMILES string of the molecule is COCC1CCN(CC(N)c2ccc(OC)c(F)c2)C1. The van der Waals surface area contributed by atoms with Crippen LogP contribution in [-0.4, -0.2) is 45.4 Å². The van der Waals surface area contributed by atoms with E-state index in [1.54, 1.807) is 13.2 Å².